The highest BCUT2D eigenvalue weighted by atomic mass is 32.1. The number of aromatic nitrogens is 1. The van der Waals surface area contributed by atoms with E-state index in [0.717, 1.165) is 17.4 Å². The highest BCUT2D eigenvalue weighted by Gasteiger charge is 2.03. The molecule has 0 fully saturated rings. The molecule has 1 heterocycles. The van der Waals surface area contributed by atoms with Gasteiger partial charge in [-0.15, -0.1) is 11.3 Å². The first-order valence-electron chi connectivity index (χ1n) is 5.39. The molecule has 0 saturated carbocycles. The Bertz CT molecular complexity index is 469. The zero-order valence-corrected chi connectivity index (χ0v) is 10.7. The fourth-order valence-corrected chi connectivity index (χ4v) is 2.34. The number of anilines is 1. The van der Waals surface area contributed by atoms with Gasteiger partial charge in [0.05, 0.1) is 5.69 Å². The van der Waals surface area contributed by atoms with Crippen LogP contribution in [0, 0.1) is 20.8 Å². The second-order valence-electron chi connectivity index (χ2n) is 3.94. The summed E-state index contributed by atoms with van der Waals surface area (Å²) in [6.07, 6.45) is 0. The lowest BCUT2D eigenvalue weighted by atomic mass is 10.1. The molecule has 3 heteroatoms. The van der Waals surface area contributed by atoms with Crippen molar-refractivity contribution in [3.8, 4) is 0 Å². The van der Waals surface area contributed by atoms with Crippen LogP contribution in [-0.2, 0) is 6.54 Å². The third-order valence-corrected chi connectivity index (χ3v) is 3.75. The van der Waals surface area contributed by atoms with Crippen LogP contribution in [0.5, 0.6) is 0 Å². The fourth-order valence-electron chi connectivity index (χ4n) is 1.53. The molecule has 0 amide bonds. The second-order valence-corrected chi connectivity index (χ2v) is 5.14. The molecular formula is C13H16N2S. The minimum Gasteiger partial charge on any atom is -0.357 e. The smallest absolute Gasteiger partial charge is 0.183 e. The number of hydrogen-bond acceptors (Lipinski definition) is 3. The van der Waals surface area contributed by atoms with E-state index in [1.165, 1.54) is 16.0 Å². The summed E-state index contributed by atoms with van der Waals surface area (Å²) >= 11 is 1.72. The Labute approximate surface area is 100 Å². The summed E-state index contributed by atoms with van der Waals surface area (Å²) in [5.41, 5.74) is 3.77. The van der Waals surface area contributed by atoms with Crippen LogP contribution in [0.3, 0.4) is 0 Å². The maximum absolute atomic E-state index is 4.46. The van der Waals surface area contributed by atoms with E-state index >= 15 is 0 Å². The first-order chi connectivity index (χ1) is 7.66. The first-order valence-corrected chi connectivity index (χ1v) is 6.21. The van der Waals surface area contributed by atoms with Crippen molar-refractivity contribution in [2.75, 3.05) is 5.32 Å². The summed E-state index contributed by atoms with van der Waals surface area (Å²) in [4.78, 5) is 5.75. The maximum Gasteiger partial charge on any atom is 0.183 e. The number of nitrogens with one attached hydrogen (secondary N) is 1. The van der Waals surface area contributed by atoms with E-state index < -0.39 is 0 Å². The van der Waals surface area contributed by atoms with Crippen LogP contribution in [-0.4, -0.2) is 4.98 Å². The van der Waals surface area contributed by atoms with Gasteiger partial charge < -0.3 is 5.32 Å². The molecule has 0 aliphatic heterocycles. The lowest BCUT2D eigenvalue weighted by molar-refractivity contribution is 1.10. The molecule has 2 rings (SSSR count). The quantitative estimate of drug-likeness (QED) is 0.873. The number of hydrogen-bond donors (Lipinski definition) is 1. The van der Waals surface area contributed by atoms with Gasteiger partial charge >= 0.3 is 0 Å². The van der Waals surface area contributed by atoms with E-state index in [9.17, 15) is 0 Å². The van der Waals surface area contributed by atoms with Gasteiger partial charge in [-0.1, -0.05) is 24.3 Å². The van der Waals surface area contributed by atoms with Crippen LogP contribution < -0.4 is 5.32 Å². The van der Waals surface area contributed by atoms with E-state index in [1.54, 1.807) is 11.3 Å². The van der Waals surface area contributed by atoms with Gasteiger partial charge in [-0.3, -0.25) is 0 Å². The third kappa shape index (κ3) is 2.42. The number of benzene rings is 1. The minimum atomic E-state index is 0.846. The molecule has 2 aromatic rings. The molecule has 1 N–H and O–H groups in total. The number of thiazole rings is 1. The topological polar surface area (TPSA) is 24.9 Å². The lowest BCUT2D eigenvalue weighted by Gasteiger charge is -2.05. The molecule has 84 valence electrons. The standard InChI is InChI=1S/C13H16N2S/c1-9-6-4-5-7-12(9)8-14-13-15-10(2)11(3)16-13/h4-7H,8H2,1-3H3,(H,14,15). The zero-order chi connectivity index (χ0) is 11.5. The van der Waals surface area contributed by atoms with Crippen LogP contribution in [0.4, 0.5) is 5.13 Å². The Morgan fingerprint density at radius 1 is 1.19 bits per heavy atom. The molecule has 1 aromatic carbocycles. The number of rotatable bonds is 3. The van der Waals surface area contributed by atoms with Gasteiger partial charge in [-0.2, -0.15) is 0 Å². The molecule has 0 bridgehead atoms. The van der Waals surface area contributed by atoms with Crippen LogP contribution in [0.25, 0.3) is 0 Å². The summed E-state index contributed by atoms with van der Waals surface area (Å²) in [5.74, 6) is 0. The van der Waals surface area contributed by atoms with Gasteiger partial charge in [0.1, 0.15) is 0 Å². The minimum absolute atomic E-state index is 0.846. The SMILES string of the molecule is Cc1ccccc1CNc1nc(C)c(C)s1. The molecule has 16 heavy (non-hydrogen) atoms. The Balaban J connectivity index is 2.05. The number of aryl methyl sites for hydroxylation is 3. The first kappa shape index (κ1) is 11.1. The predicted molar refractivity (Wildman–Crippen MR) is 70.1 cm³/mol. The van der Waals surface area contributed by atoms with Gasteiger partial charge in [0.15, 0.2) is 5.13 Å². The second kappa shape index (κ2) is 4.66. The summed E-state index contributed by atoms with van der Waals surface area (Å²) in [6, 6.07) is 8.42. The van der Waals surface area contributed by atoms with Crippen molar-refractivity contribution in [2.24, 2.45) is 0 Å². The summed E-state index contributed by atoms with van der Waals surface area (Å²) < 4.78 is 0. The van der Waals surface area contributed by atoms with Crippen molar-refractivity contribution in [3.05, 3.63) is 46.0 Å². The van der Waals surface area contributed by atoms with Crippen molar-refractivity contribution < 1.29 is 0 Å². The van der Waals surface area contributed by atoms with Crippen LogP contribution in [0.1, 0.15) is 21.7 Å². The van der Waals surface area contributed by atoms with Crippen molar-refractivity contribution in [1.29, 1.82) is 0 Å². The molecule has 0 saturated heterocycles. The van der Waals surface area contributed by atoms with Gasteiger partial charge in [-0.05, 0) is 31.9 Å². The van der Waals surface area contributed by atoms with E-state index in [2.05, 4.69) is 48.4 Å². The van der Waals surface area contributed by atoms with E-state index in [4.69, 9.17) is 0 Å². The Hall–Kier alpha value is -1.35. The Morgan fingerprint density at radius 3 is 2.56 bits per heavy atom. The van der Waals surface area contributed by atoms with Gasteiger partial charge in [0.25, 0.3) is 0 Å². The highest BCUT2D eigenvalue weighted by Crippen LogP contribution is 2.21. The average molecular weight is 232 g/mol. The molecule has 0 spiro atoms. The van der Waals surface area contributed by atoms with Crippen molar-refractivity contribution in [3.63, 3.8) is 0 Å². The van der Waals surface area contributed by atoms with Crippen molar-refractivity contribution in [1.82, 2.24) is 4.98 Å². The molecule has 2 nitrogen and oxygen atoms in total. The monoisotopic (exact) mass is 232 g/mol. The molecule has 1 aromatic heterocycles. The van der Waals surface area contributed by atoms with Crippen LogP contribution in [0.15, 0.2) is 24.3 Å². The molecular weight excluding hydrogens is 216 g/mol. The summed E-state index contributed by atoms with van der Waals surface area (Å²) in [7, 11) is 0. The summed E-state index contributed by atoms with van der Waals surface area (Å²) in [5, 5.41) is 4.38. The zero-order valence-electron chi connectivity index (χ0n) is 9.87. The molecule has 0 aliphatic rings. The van der Waals surface area contributed by atoms with Crippen LogP contribution in [0.2, 0.25) is 0 Å². The highest BCUT2D eigenvalue weighted by molar-refractivity contribution is 7.15. The average Bonchev–Trinajstić information content (AvgIpc) is 2.57. The largest absolute Gasteiger partial charge is 0.357 e. The molecule has 0 aliphatic carbocycles. The van der Waals surface area contributed by atoms with E-state index in [0.29, 0.717) is 0 Å². The maximum atomic E-state index is 4.46. The van der Waals surface area contributed by atoms with Crippen molar-refractivity contribution >= 4 is 16.5 Å². The fraction of sp³-hybridized carbons (Fsp3) is 0.308. The van der Waals surface area contributed by atoms with Crippen molar-refractivity contribution in [2.45, 2.75) is 27.3 Å². The Morgan fingerprint density at radius 2 is 1.94 bits per heavy atom. The summed E-state index contributed by atoms with van der Waals surface area (Å²) in [6.45, 7) is 7.13. The Kier molecular flexibility index (Phi) is 3.25. The lowest BCUT2D eigenvalue weighted by Crippen LogP contribution is -2.00. The normalized spacial score (nSPS) is 10.4. The van der Waals surface area contributed by atoms with E-state index in [-0.39, 0.29) is 0 Å². The van der Waals surface area contributed by atoms with Gasteiger partial charge in [-0.25, -0.2) is 4.98 Å². The third-order valence-electron chi connectivity index (χ3n) is 2.72. The van der Waals surface area contributed by atoms with Crippen LogP contribution >= 0.6 is 11.3 Å². The number of nitrogens with zero attached hydrogens (tertiary/aromatic N) is 1. The van der Waals surface area contributed by atoms with Gasteiger partial charge in [0, 0.05) is 11.4 Å². The van der Waals surface area contributed by atoms with E-state index in [1.807, 2.05) is 6.92 Å². The molecule has 0 radical (unpaired) electrons. The molecule has 0 unspecified atom stereocenters. The van der Waals surface area contributed by atoms with Gasteiger partial charge in [0.2, 0.25) is 0 Å². The predicted octanol–water partition coefficient (Wildman–Crippen LogP) is 3.68. The molecule has 0 atom stereocenters.